The number of ether oxygens (including phenoxy) is 1. The summed E-state index contributed by atoms with van der Waals surface area (Å²) in [6.45, 7) is 0.872. The van der Waals surface area contributed by atoms with Gasteiger partial charge in [0.15, 0.2) is 0 Å². The molecule has 1 aromatic rings. The van der Waals surface area contributed by atoms with Gasteiger partial charge in [-0.2, -0.15) is 0 Å². The summed E-state index contributed by atoms with van der Waals surface area (Å²) in [6.07, 6.45) is 0.195. The van der Waals surface area contributed by atoms with E-state index in [-0.39, 0.29) is 6.10 Å². The number of rotatable bonds is 5. The zero-order valence-electron chi connectivity index (χ0n) is 10.6. The Morgan fingerprint density at radius 2 is 2.00 bits per heavy atom. The van der Waals surface area contributed by atoms with Crippen LogP contribution >= 0.6 is 0 Å². The zero-order chi connectivity index (χ0) is 12.7. The molecule has 1 rings (SSSR count). The van der Waals surface area contributed by atoms with Crippen LogP contribution in [0.1, 0.15) is 18.1 Å². The topological polar surface area (TPSA) is 41.6 Å². The lowest BCUT2D eigenvalue weighted by molar-refractivity contribution is 0.0894. The fourth-order valence-electron chi connectivity index (χ4n) is 1.52. The number of nitrogens with one attached hydrogen (secondary N) is 1. The van der Waals surface area contributed by atoms with Crippen LogP contribution in [0.4, 0.5) is 4.79 Å². The fraction of sp³-hybridized carbons (Fsp3) is 0.462. The molecule has 4 nitrogen and oxygen atoms in total. The molecular weight excluding hydrogens is 216 g/mol. The van der Waals surface area contributed by atoms with Gasteiger partial charge in [0.1, 0.15) is 6.10 Å². The van der Waals surface area contributed by atoms with Crippen molar-refractivity contribution in [1.82, 2.24) is 10.2 Å². The molecule has 0 aliphatic rings. The van der Waals surface area contributed by atoms with E-state index in [1.54, 1.807) is 7.05 Å². The van der Waals surface area contributed by atoms with Crippen LogP contribution in [-0.4, -0.2) is 38.7 Å². The first-order chi connectivity index (χ1) is 8.13. The lowest BCUT2D eigenvalue weighted by Gasteiger charge is -2.20. The molecule has 1 atom stereocenters. The molecule has 0 spiro atoms. The molecule has 0 aliphatic carbocycles. The van der Waals surface area contributed by atoms with Crippen LogP contribution < -0.4 is 5.32 Å². The van der Waals surface area contributed by atoms with Gasteiger partial charge in [-0.3, -0.25) is 0 Å². The van der Waals surface area contributed by atoms with E-state index in [0.717, 1.165) is 18.5 Å². The third-order valence-electron chi connectivity index (χ3n) is 2.46. The second-order valence-corrected chi connectivity index (χ2v) is 4.15. The Bertz CT molecular complexity index is 339. The van der Waals surface area contributed by atoms with Crippen molar-refractivity contribution >= 4 is 6.09 Å². The molecule has 4 heteroatoms. The zero-order valence-corrected chi connectivity index (χ0v) is 10.6. The van der Waals surface area contributed by atoms with Crippen molar-refractivity contribution in [2.45, 2.75) is 12.5 Å². The minimum absolute atomic E-state index is 0.196. The highest BCUT2D eigenvalue weighted by Gasteiger charge is 2.15. The first kappa shape index (κ1) is 13.5. The summed E-state index contributed by atoms with van der Waals surface area (Å²) < 4.78 is 5.36. The molecule has 0 heterocycles. The molecule has 94 valence electrons. The van der Waals surface area contributed by atoms with Gasteiger partial charge in [0.05, 0.1) is 0 Å². The maximum atomic E-state index is 11.3. The van der Waals surface area contributed by atoms with Gasteiger partial charge in [0.2, 0.25) is 0 Å². The minimum Gasteiger partial charge on any atom is -0.441 e. The van der Waals surface area contributed by atoms with Crippen LogP contribution in [0.2, 0.25) is 0 Å². The second kappa shape index (κ2) is 6.91. The van der Waals surface area contributed by atoms with E-state index in [1.807, 2.05) is 44.4 Å². The van der Waals surface area contributed by atoms with Gasteiger partial charge in [0, 0.05) is 20.0 Å². The monoisotopic (exact) mass is 236 g/mol. The van der Waals surface area contributed by atoms with Crippen LogP contribution in [-0.2, 0) is 4.74 Å². The Hall–Kier alpha value is -1.55. The molecule has 0 fully saturated rings. The van der Waals surface area contributed by atoms with E-state index in [4.69, 9.17) is 4.74 Å². The van der Waals surface area contributed by atoms with Gasteiger partial charge in [-0.25, -0.2) is 4.79 Å². The van der Waals surface area contributed by atoms with E-state index in [0.29, 0.717) is 0 Å². The number of alkyl carbamates (subject to hydrolysis) is 1. The fourth-order valence-corrected chi connectivity index (χ4v) is 1.52. The SMILES string of the molecule is CNC(=O)OC(CCN(C)C)c1ccccc1. The van der Waals surface area contributed by atoms with E-state index in [1.165, 1.54) is 0 Å². The maximum absolute atomic E-state index is 11.3. The third kappa shape index (κ3) is 4.87. The van der Waals surface area contributed by atoms with E-state index in [9.17, 15) is 4.79 Å². The summed E-state index contributed by atoms with van der Waals surface area (Å²) >= 11 is 0. The quantitative estimate of drug-likeness (QED) is 0.850. The predicted molar refractivity (Wildman–Crippen MR) is 67.9 cm³/mol. The molecule has 0 aromatic heterocycles. The van der Waals surface area contributed by atoms with E-state index >= 15 is 0 Å². The maximum Gasteiger partial charge on any atom is 0.407 e. The number of amides is 1. The van der Waals surface area contributed by atoms with Crippen LogP contribution in [0.5, 0.6) is 0 Å². The number of hydrogen-bond donors (Lipinski definition) is 1. The molecule has 0 bridgehead atoms. The van der Waals surface area contributed by atoms with Gasteiger partial charge < -0.3 is 15.0 Å². The first-order valence-electron chi connectivity index (χ1n) is 5.71. The molecule has 0 aliphatic heterocycles. The van der Waals surface area contributed by atoms with E-state index in [2.05, 4.69) is 10.2 Å². The van der Waals surface area contributed by atoms with Crippen molar-refractivity contribution in [2.75, 3.05) is 27.7 Å². The molecule has 17 heavy (non-hydrogen) atoms. The Morgan fingerprint density at radius 3 is 2.53 bits per heavy atom. The van der Waals surface area contributed by atoms with Crippen molar-refractivity contribution < 1.29 is 9.53 Å². The van der Waals surface area contributed by atoms with Gasteiger partial charge in [-0.05, 0) is 19.7 Å². The normalized spacial score (nSPS) is 12.2. The van der Waals surface area contributed by atoms with Gasteiger partial charge in [0.25, 0.3) is 0 Å². The van der Waals surface area contributed by atoms with Crippen LogP contribution in [0, 0.1) is 0 Å². The van der Waals surface area contributed by atoms with Crippen molar-refractivity contribution in [2.24, 2.45) is 0 Å². The highest BCUT2D eigenvalue weighted by atomic mass is 16.6. The lowest BCUT2D eigenvalue weighted by atomic mass is 10.1. The van der Waals surface area contributed by atoms with Crippen molar-refractivity contribution in [3.63, 3.8) is 0 Å². The average molecular weight is 236 g/mol. The highest BCUT2D eigenvalue weighted by Crippen LogP contribution is 2.21. The summed E-state index contributed by atoms with van der Waals surface area (Å²) in [5, 5.41) is 2.48. The molecule has 1 amide bonds. The molecule has 0 radical (unpaired) electrons. The summed E-state index contributed by atoms with van der Waals surface area (Å²) in [5.41, 5.74) is 1.03. The Labute approximate surface area is 103 Å². The summed E-state index contributed by atoms with van der Waals surface area (Å²) in [5.74, 6) is 0. The summed E-state index contributed by atoms with van der Waals surface area (Å²) in [7, 11) is 5.57. The van der Waals surface area contributed by atoms with Crippen molar-refractivity contribution in [1.29, 1.82) is 0 Å². The van der Waals surface area contributed by atoms with Crippen LogP contribution in [0.3, 0.4) is 0 Å². The predicted octanol–water partition coefficient (Wildman–Crippen LogP) is 2.04. The Balaban J connectivity index is 2.68. The Morgan fingerprint density at radius 1 is 1.35 bits per heavy atom. The highest BCUT2D eigenvalue weighted by molar-refractivity contribution is 5.67. The molecule has 0 saturated heterocycles. The van der Waals surface area contributed by atoms with Gasteiger partial charge >= 0.3 is 6.09 Å². The van der Waals surface area contributed by atoms with Crippen molar-refractivity contribution in [3.05, 3.63) is 35.9 Å². The number of benzene rings is 1. The molecular formula is C13H20N2O2. The van der Waals surface area contributed by atoms with Crippen LogP contribution in [0.15, 0.2) is 30.3 Å². The van der Waals surface area contributed by atoms with E-state index < -0.39 is 6.09 Å². The smallest absolute Gasteiger partial charge is 0.407 e. The lowest BCUT2D eigenvalue weighted by Crippen LogP contribution is -2.24. The number of hydrogen-bond acceptors (Lipinski definition) is 3. The summed E-state index contributed by atoms with van der Waals surface area (Å²) in [6, 6.07) is 9.80. The number of nitrogens with zero attached hydrogens (tertiary/aromatic N) is 1. The van der Waals surface area contributed by atoms with Gasteiger partial charge in [-0.1, -0.05) is 30.3 Å². The Kier molecular flexibility index (Phi) is 5.49. The molecule has 0 saturated carbocycles. The third-order valence-corrected chi connectivity index (χ3v) is 2.46. The molecule has 1 unspecified atom stereocenters. The molecule has 1 aromatic carbocycles. The van der Waals surface area contributed by atoms with Gasteiger partial charge in [-0.15, -0.1) is 0 Å². The van der Waals surface area contributed by atoms with Crippen LogP contribution in [0.25, 0.3) is 0 Å². The molecule has 1 N–H and O–H groups in total. The summed E-state index contributed by atoms with van der Waals surface area (Å²) in [4.78, 5) is 13.4. The second-order valence-electron chi connectivity index (χ2n) is 4.15. The first-order valence-corrected chi connectivity index (χ1v) is 5.71. The number of carbonyl (C=O) groups excluding carboxylic acids is 1. The largest absolute Gasteiger partial charge is 0.441 e. The minimum atomic E-state index is -0.391. The average Bonchev–Trinajstić information content (AvgIpc) is 2.35. The number of carbonyl (C=O) groups is 1. The standard InChI is InChI=1S/C13H20N2O2/c1-14-13(16)17-12(9-10-15(2)3)11-7-5-4-6-8-11/h4-8,12H,9-10H2,1-3H3,(H,14,16). The van der Waals surface area contributed by atoms with Crippen molar-refractivity contribution in [3.8, 4) is 0 Å².